The van der Waals surface area contributed by atoms with Crippen molar-refractivity contribution < 1.29 is 9.59 Å². The topological polar surface area (TPSA) is 96.2 Å². The third-order valence-corrected chi connectivity index (χ3v) is 3.99. The van der Waals surface area contributed by atoms with E-state index in [9.17, 15) is 9.59 Å². The van der Waals surface area contributed by atoms with E-state index >= 15 is 0 Å². The molecule has 0 saturated carbocycles. The van der Waals surface area contributed by atoms with Gasteiger partial charge in [-0.25, -0.2) is 0 Å². The molecule has 2 aliphatic rings. The Hall–Kier alpha value is -2.03. The molecule has 2 aliphatic heterocycles. The fourth-order valence-electron chi connectivity index (χ4n) is 2.83. The van der Waals surface area contributed by atoms with Gasteiger partial charge in [0.05, 0.1) is 25.6 Å². The van der Waals surface area contributed by atoms with Crippen molar-refractivity contribution in [3.05, 3.63) is 5.82 Å². The van der Waals surface area contributed by atoms with Crippen LogP contribution >= 0.6 is 0 Å². The lowest BCUT2D eigenvalue weighted by Gasteiger charge is -2.42. The Kier molecular flexibility index (Phi) is 3.58. The van der Waals surface area contributed by atoms with E-state index in [0.717, 1.165) is 13.1 Å². The first-order valence-corrected chi connectivity index (χ1v) is 7.01. The summed E-state index contributed by atoms with van der Waals surface area (Å²) in [7, 11) is 3.69. The monoisotopic (exact) mass is 293 g/mol. The summed E-state index contributed by atoms with van der Waals surface area (Å²) in [4.78, 5) is 29.5. The van der Waals surface area contributed by atoms with Crippen LogP contribution in [0.2, 0.25) is 0 Å². The van der Waals surface area contributed by atoms with E-state index in [1.165, 1.54) is 4.80 Å². The van der Waals surface area contributed by atoms with Gasteiger partial charge in [0.15, 0.2) is 5.82 Å². The molecule has 114 valence electrons. The third kappa shape index (κ3) is 2.87. The van der Waals surface area contributed by atoms with Crippen LogP contribution in [0.15, 0.2) is 0 Å². The number of rotatable bonds is 4. The fourth-order valence-corrected chi connectivity index (χ4v) is 2.83. The Balaban J connectivity index is 1.50. The quantitative estimate of drug-likeness (QED) is 0.689. The lowest BCUT2D eigenvalue weighted by molar-refractivity contribution is -0.132. The Morgan fingerprint density at radius 1 is 1.33 bits per heavy atom. The van der Waals surface area contributed by atoms with Crippen LogP contribution in [0.1, 0.15) is 12.2 Å². The molecular formula is C12H19N7O2. The summed E-state index contributed by atoms with van der Waals surface area (Å²) >= 11 is 0. The van der Waals surface area contributed by atoms with Gasteiger partial charge in [0, 0.05) is 26.1 Å². The highest BCUT2D eigenvalue weighted by Gasteiger charge is 2.41. The van der Waals surface area contributed by atoms with Gasteiger partial charge in [-0.15, -0.1) is 10.2 Å². The number of aryl methyl sites for hydroxylation is 1. The molecule has 2 saturated heterocycles. The van der Waals surface area contributed by atoms with Gasteiger partial charge in [-0.05, 0) is 12.3 Å². The lowest BCUT2D eigenvalue weighted by atomic mass is 10.1. The zero-order valence-corrected chi connectivity index (χ0v) is 12.2. The SMILES string of the molecule is CN1CC(N2CC(C(=O)NCc3nnn(C)n3)CC2=O)C1. The van der Waals surface area contributed by atoms with Crippen molar-refractivity contribution in [2.45, 2.75) is 19.0 Å². The number of likely N-dealkylation sites (tertiary alicyclic amines) is 2. The molecule has 21 heavy (non-hydrogen) atoms. The number of aromatic nitrogens is 4. The minimum atomic E-state index is -0.278. The Labute approximate surface area is 122 Å². The normalized spacial score (nSPS) is 23.4. The second kappa shape index (κ2) is 5.40. The van der Waals surface area contributed by atoms with Gasteiger partial charge in [-0.1, -0.05) is 0 Å². The van der Waals surface area contributed by atoms with Crippen LogP contribution in [0.25, 0.3) is 0 Å². The molecule has 0 spiro atoms. The maximum absolute atomic E-state index is 12.1. The number of amides is 2. The Morgan fingerprint density at radius 3 is 2.71 bits per heavy atom. The molecule has 1 atom stereocenters. The average Bonchev–Trinajstić information content (AvgIpc) is 2.99. The number of likely N-dealkylation sites (N-methyl/N-ethyl adjacent to an activating group) is 1. The third-order valence-electron chi connectivity index (χ3n) is 3.99. The summed E-state index contributed by atoms with van der Waals surface area (Å²) in [6, 6.07) is 0.266. The zero-order chi connectivity index (χ0) is 15.0. The van der Waals surface area contributed by atoms with Crippen LogP contribution in [-0.2, 0) is 23.2 Å². The van der Waals surface area contributed by atoms with Gasteiger partial charge in [0.2, 0.25) is 11.8 Å². The highest BCUT2D eigenvalue weighted by molar-refractivity contribution is 5.89. The second-order valence-corrected chi connectivity index (χ2v) is 5.74. The molecule has 1 unspecified atom stereocenters. The Morgan fingerprint density at radius 2 is 2.10 bits per heavy atom. The van der Waals surface area contributed by atoms with Gasteiger partial charge in [-0.2, -0.15) is 4.80 Å². The van der Waals surface area contributed by atoms with E-state index in [4.69, 9.17) is 0 Å². The van der Waals surface area contributed by atoms with Crippen molar-refractivity contribution in [1.82, 2.24) is 35.3 Å². The number of hydrogen-bond acceptors (Lipinski definition) is 6. The van der Waals surface area contributed by atoms with E-state index in [0.29, 0.717) is 18.8 Å². The molecule has 1 aromatic rings. The molecule has 3 heterocycles. The largest absolute Gasteiger partial charge is 0.348 e. The molecule has 0 radical (unpaired) electrons. The highest BCUT2D eigenvalue weighted by atomic mass is 16.2. The van der Waals surface area contributed by atoms with Gasteiger partial charge in [-0.3, -0.25) is 9.59 Å². The predicted octanol–water partition coefficient (Wildman–Crippen LogP) is -2.01. The number of tetrazole rings is 1. The van der Waals surface area contributed by atoms with Gasteiger partial charge < -0.3 is 15.1 Å². The summed E-state index contributed by atoms with van der Waals surface area (Å²) in [5.41, 5.74) is 0. The summed E-state index contributed by atoms with van der Waals surface area (Å²) in [5.74, 6) is 0.143. The smallest absolute Gasteiger partial charge is 0.225 e. The van der Waals surface area contributed by atoms with Gasteiger partial charge in [0.1, 0.15) is 0 Å². The summed E-state index contributed by atoms with van der Waals surface area (Å²) in [5, 5.41) is 14.3. The number of carbonyl (C=O) groups is 2. The molecule has 2 fully saturated rings. The van der Waals surface area contributed by atoms with Crippen LogP contribution in [0.3, 0.4) is 0 Å². The minimum absolute atomic E-state index is 0.0749. The molecule has 9 heteroatoms. The number of nitrogens with one attached hydrogen (secondary N) is 1. The molecule has 3 rings (SSSR count). The van der Waals surface area contributed by atoms with E-state index in [2.05, 4.69) is 25.6 Å². The first-order chi connectivity index (χ1) is 10.0. The molecule has 1 aromatic heterocycles. The van der Waals surface area contributed by atoms with E-state index < -0.39 is 0 Å². The van der Waals surface area contributed by atoms with Gasteiger partial charge in [0.25, 0.3) is 0 Å². The van der Waals surface area contributed by atoms with Crippen LogP contribution in [0.5, 0.6) is 0 Å². The highest BCUT2D eigenvalue weighted by Crippen LogP contribution is 2.24. The minimum Gasteiger partial charge on any atom is -0.348 e. The number of nitrogens with zero attached hydrogens (tertiary/aromatic N) is 6. The summed E-state index contributed by atoms with van der Waals surface area (Å²) < 4.78 is 0. The van der Waals surface area contributed by atoms with Crippen molar-refractivity contribution >= 4 is 11.8 Å². The summed E-state index contributed by atoms with van der Waals surface area (Å²) in [6.07, 6.45) is 0.292. The molecule has 0 aromatic carbocycles. The second-order valence-electron chi connectivity index (χ2n) is 5.74. The molecule has 0 aliphatic carbocycles. The maximum Gasteiger partial charge on any atom is 0.225 e. The maximum atomic E-state index is 12.1. The number of carbonyl (C=O) groups excluding carboxylic acids is 2. The van der Waals surface area contributed by atoms with Crippen molar-refractivity contribution in [2.75, 3.05) is 26.7 Å². The number of hydrogen-bond donors (Lipinski definition) is 1. The van der Waals surface area contributed by atoms with Crippen molar-refractivity contribution in [3.8, 4) is 0 Å². The molecule has 9 nitrogen and oxygen atoms in total. The van der Waals surface area contributed by atoms with E-state index in [1.54, 1.807) is 7.05 Å². The summed E-state index contributed by atoms with van der Waals surface area (Å²) in [6.45, 7) is 2.54. The zero-order valence-electron chi connectivity index (χ0n) is 12.2. The fraction of sp³-hybridized carbons (Fsp3) is 0.750. The standard InChI is InChI=1S/C12H19N7O2/c1-17-6-9(7-17)19-5-8(3-11(19)20)12(21)13-4-10-14-16-18(2)15-10/h8-9H,3-7H2,1-2H3,(H,13,21). The van der Waals surface area contributed by atoms with Crippen LogP contribution < -0.4 is 5.32 Å². The molecule has 1 N–H and O–H groups in total. The Bertz CT molecular complexity index is 552. The lowest BCUT2D eigenvalue weighted by Crippen LogP contribution is -2.58. The van der Waals surface area contributed by atoms with E-state index in [1.807, 2.05) is 11.9 Å². The molecule has 0 bridgehead atoms. The van der Waals surface area contributed by atoms with Crippen LogP contribution in [-0.4, -0.2) is 74.5 Å². The molecule has 2 amide bonds. The first-order valence-electron chi connectivity index (χ1n) is 7.01. The van der Waals surface area contributed by atoms with Crippen molar-refractivity contribution in [3.63, 3.8) is 0 Å². The predicted molar refractivity (Wildman–Crippen MR) is 71.7 cm³/mol. The van der Waals surface area contributed by atoms with Gasteiger partial charge >= 0.3 is 0 Å². The van der Waals surface area contributed by atoms with E-state index in [-0.39, 0.29) is 30.3 Å². The van der Waals surface area contributed by atoms with Crippen LogP contribution in [0, 0.1) is 5.92 Å². The average molecular weight is 293 g/mol. The molecular weight excluding hydrogens is 274 g/mol. The van der Waals surface area contributed by atoms with Crippen molar-refractivity contribution in [2.24, 2.45) is 13.0 Å². The first kappa shape index (κ1) is 13.9. The van der Waals surface area contributed by atoms with Crippen LogP contribution in [0.4, 0.5) is 0 Å². The van der Waals surface area contributed by atoms with Crippen molar-refractivity contribution in [1.29, 1.82) is 0 Å².